The Hall–Kier alpha value is -1.22. The summed E-state index contributed by atoms with van der Waals surface area (Å²) in [5, 5.41) is 9.15. The minimum Gasteiger partial charge on any atom is -0.508 e. The van der Waals surface area contributed by atoms with Gasteiger partial charge >= 0.3 is 0 Å². The molecular formula is C10H13NO2. The predicted molar refractivity (Wildman–Crippen MR) is 49.8 cm³/mol. The molecule has 0 bridgehead atoms. The first-order chi connectivity index (χ1) is 6.18. The zero-order valence-electron chi connectivity index (χ0n) is 7.36. The molecule has 3 nitrogen and oxygen atoms in total. The van der Waals surface area contributed by atoms with E-state index in [0.717, 1.165) is 12.8 Å². The highest BCUT2D eigenvalue weighted by molar-refractivity contribution is 5.31. The summed E-state index contributed by atoms with van der Waals surface area (Å²) in [6, 6.07) is 6.76. The number of benzene rings is 1. The number of hydrogen-bond acceptors (Lipinski definition) is 3. The zero-order valence-corrected chi connectivity index (χ0v) is 7.36. The third-order valence-corrected chi connectivity index (χ3v) is 2.24. The van der Waals surface area contributed by atoms with Crippen molar-refractivity contribution in [3.05, 3.63) is 24.3 Å². The molecule has 2 rings (SSSR count). The van der Waals surface area contributed by atoms with Crippen molar-refractivity contribution in [2.75, 3.05) is 6.61 Å². The Morgan fingerprint density at radius 3 is 2.85 bits per heavy atom. The normalized spacial score (nSPS) is 18.2. The molecule has 3 heteroatoms. The Labute approximate surface area is 77.1 Å². The summed E-state index contributed by atoms with van der Waals surface area (Å²) in [5.74, 6) is 0.899. The highest BCUT2D eigenvalue weighted by Gasteiger charge is 2.39. The van der Waals surface area contributed by atoms with Crippen LogP contribution < -0.4 is 10.5 Å². The van der Waals surface area contributed by atoms with Crippen LogP contribution >= 0.6 is 0 Å². The topological polar surface area (TPSA) is 55.5 Å². The lowest BCUT2D eigenvalue weighted by atomic mass is 10.3. The van der Waals surface area contributed by atoms with Gasteiger partial charge in [-0.1, -0.05) is 6.07 Å². The molecule has 1 aromatic rings. The molecule has 0 spiro atoms. The van der Waals surface area contributed by atoms with E-state index in [1.165, 1.54) is 0 Å². The van der Waals surface area contributed by atoms with Crippen molar-refractivity contribution in [2.45, 2.75) is 18.4 Å². The van der Waals surface area contributed by atoms with E-state index in [0.29, 0.717) is 12.4 Å². The maximum Gasteiger partial charge on any atom is 0.123 e. The highest BCUT2D eigenvalue weighted by atomic mass is 16.5. The molecule has 1 saturated carbocycles. The van der Waals surface area contributed by atoms with Crippen LogP contribution in [-0.2, 0) is 0 Å². The Bertz CT molecular complexity index is 308. The number of nitrogens with two attached hydrogens (primary N) is 1. The second-order valence-electron chi connectivity index (χ2n) is 3.65. The summed E-state index contributed by atoms with van der Waals surface area (Å²) >= 11 is 0. The second-order valence-corrected chi connectivity index (χ2v) is 3.65. The first-order valence-corrected chi connectivity index (χ1v) is 4.39. The van der Waals surface area contributed by atoms with Crippen LogP contribution in [0.2, 0.25) is 0 Å². The van der Waals surface area contributed by atoms with E-state index in [2.05, 4.69) is 0 Å². The fraction of sp³-hybridized carbons (Fsp3) is 0.400. The van der Waals surface area contributed by atoms with Gasteiger partial charge in [0.2, 0.25) is 0 Å². The molecule has 1 aliphatic carbocycles. The van der Waals surface area contributed by atoms with Gasteiger partial charge in [0.15, 0.2) is 0 Å². The van der Waals surface area contributed by atoms with Gasteiger partial charge in [0.05, 0.1) is 5.54 Å². The molecule has 13 heavy (non-hydrogen) atoms. The fourth-order valence-corrected chi connectivity index (χ4v) is 1.11. The molecule has 0 atom stereocenters. The Balaban J connectivity index is 1.94. The van der Waals surface area contributed by atoms with Crippen molar-refractivity contribution in [2.24, 2.45) is 5.73 Å². The van der Waals surface area contributed by atoms with Crippen LogP contribution in [0.15, 0.2) is 24.3 Å². The van der Waals surface area contributed by atoms with E-state index in [4.69, 9.17) is 15.6 Å². The minimum absolute atomic E-state index is 0.106. The molecule has 70 valence electrons. The Morgan fingerprint density at radius 2 is 2.23 bits per heavy atom. The maximum absolute atomic E-state index is 9.15. The van der Waals surface area contributed by atoms with E-state index in [-0.39, 0.29) is 11.3 Å². The summed E-state index contributed by atoms with van der Waals surface area (Å²) in [5.41, 5.74) is 5.74. The smallest absolute Gasteiger partial charge is 0.123 e. The van der Waals surface area contributed by atoms with Crippen LogP contribution in [0.25, 0.3) is 0 Å². The van der Waals surface area contributed by atoms with Crippen LogP contribution in [0.5, 0.6) is 11.5 Å². The molecule has 0 radical (unpaired) electrons. The average Bonchev–Trinajstić information content (AvgIpc) is 2.82. The van der Waals surface area contributed by atoms with E-state index in [9.17, 15) is 0 Å². The van der Waals surface area contributed by atoms with Gasteiger partial charge in [0, 0.05) is 6.07 Å². The molecule has 0 aromatic heterocycles. The Kier molecular flexibility index (Phi) is 1.88. The number of phenolic OH excluding ortho intramolecular Hbond substituents is 1. The van der Waals surface area contributed by atoms with Crippen LogP contribution in [-0.4, -0.2) is 17.3 Å². The number of aromatic hydroxyl groups is 1. The molecule has 3 N–H and O–H groups in total. The monoisotopic (exact) mass is 179 g/mol. The van der Waals surface area contributed by atoms with Crippen LogP contribution in [0.1, 0.15) is 12.8 Å². The van der Waals surface area contributed by atoms with Gasteiger partial charge < -0.3 is 15.6 Å². The van der Waals surface area contributed by atoms with Gasteiger partial charge in [-0.25, -0.2) is 0 Å². The average molecular weight is 179 g/mol. The molecule has 0 saturated heterocycles. The summed E-state index contributed by atoms with van der Waals surface area (Å²) in [6.07, 6.45) is 2.07. The molecule has 1 aliphatic rings. The van der Waals surface area contributed by atoms with Crippen molar-refractivity contribution in [3.63, 3.8) is 0 Å². The number of rotatable bonds is 3. The lowest BCUT2D eigenvalue weighted by molar-refractivity contribution is 0.278. The van der Waals surface area contributed by atoms with Crippen molar-refractivity contribution >= 4 is 0 Å². The molecule has 0 heterocycles. The summed E-state index contributed by atoms with van der Waals surface area (Å²) in [6.45, 7) is 0.538. The van der Waals surface area contributed by atoms with Gasteiger partial charge in [0.1, 0.15) is 18.1 Å². The maximum atomic E-state index is 9.15. The molecule has 1 aromatic carbocycles. The lowest BCUT2D eigenvalue weighted by Gasteiger charge is -2.10. The van der Waals surface area contributed by atoms with Gasteiger partial charge in [-0.2, -0.15) is 0 Å². The van der Waals surface area contributed by atoms with Crippen LogP contribution in [0.4, 0.5) is 0 Å². The first kappa shape index (κ1) is 8.38. The molecular weight excluding hydrogens is 166 g/mol. The molecule has 0 amide bonds. The number of hydrogen-bond donors (Lipinski definition) is 2. The van der Waals surface area contributed by atoms with E-state index in [1.54, 1.807) is 18.2 Å². The van der Waals surface area contributed by atoms with Crippen molar-refractivity contribution in [3.8, 4) is 11.5 Å². The van der Waals surface area contributed by atoms with Crippen molar-refractivity contribution in [1.29, 1.82) is 0 Å². The third-order valence-electron chi connectivity index (χ3n) is 2.24. The van der Waals surface area contributed by atoms with Gasteiger partial charge in [-0.05, 0) is 25.0 Å². The highest BCUT2D eigenvalue weighted by Crippen LogP contribution is 2.32. The number of phenols is 1. The lowest BCUT2D eigenvalue weighted by Crippen LogP contribution is -2.29. The van der Waals surface area contributed by atoms with Crippen LogP contribution in [0.3, 0.4) is 0 Å². The SMILES string of the molecule is NC1(COc2cccc(O)c2)CC1. The summed E-state index contributed by atoms with van der Waals surface area (Å²) in [4.78, 5) is 0. The van der Waals surface area contributed by atoms with E-state index in [1.807, 2.05) is 6.07 Å². The predicted octanol–water partition coefficient (Wildman–Crippen LogP) is 1.26. The standard InChI is InChI=1S/C10H13NO2/c11-10(4-5-10)7-13-9-3-1-2-8(12)6-9/h1-3,6,12H,4-5,7,11H2. The largest absolute Gasteiger partial charge is 0.508 e. The quantitative estimate of drug-likeness (QED) is 0.734. The van der Waals surface area contributed by atoms with Gasteiger partial charge in [-0.3, -0.25) is 0 Å². The minimum atomic E-state index is -0.106. The van der Waals surface area contributed by atoms with Crippen molar-refractivity contribution in [1.82, 2.24) is 0 Å². The fourth-order valence-electron chi connectivity index (χ4n) is 1.11. The second kappa shape index (κ2) is 2.92. The van der Waals surface area contributed by atoms with Gasteiger partial charge in [0.25, 0.3) is 0 Å². The third kappa shape index (κ3) is 2.12. The molecule has 0 aliphatic heterocycles. The van der Waals surface area contributed by atoms with E-state index < -0.39 is 0 Å². The summed E-state index contributed by atoms with van der Waals surface area (Å²) in [7, 11) is 0. The van der Waals surface area contributed by atoms with Gasteiger partial charge in [-0.15, -0.1) is 0 Å². The molecule has 0 unspecified atom stereocenters. The zero-order chi connectivity index (χ0) is 9.31. The first-order valence-electron chi connectivity index (χ1n) is 4.39. The van der Waals surface area contributed by atoms with Crippen molar-refractivity contribution < 1.29 is 9.84 Å². The summed E-state index contributed by atoms with van der Waals surface area (Å²) < 4.78 is 5.43. The van der Waals surface area contributed by atoms with Crippen LogP contribution in [0, 0.1) is 0 Å². The Morgan fingerprint density at radius 1 is 1.46 bits per heavy atom. The van der Waals surface area contributed by atoms with E-state index >= 15 is 0 Å². The molecule has 1 fully saturated rings. The number of ether oxygens (including phenoxy) is 1.